The van der Waals surface area contributed by atoms with Crippen molar-refractivity contribution in [3.63, 3.8) is 0 Å². The fourth-order valence-corrected chi connectivity index (χ4v) is 3.42. The zero-order valence-electron chi connectivity index (χ0n) is 14.4. The molecular formula is C19H23FN2O3. The Balaban J connectivity index is 1.55. The lowest BCUT2D eigenvalue weighted by Gasteiger charge is -2.31. The first-order chi connectivity index (χ1) is 12.1. The van der Waals surface area contributed by atoms with Crippen LogP contribution in [0.1, 0.15) is 31.7 Å². The molecule has 25 heavy (non-hydrogen) atoms. The van der Waals surface area contributed by atoms with Crippen molar-refractivity contribution in [3.05, 3.63) is 35.8 Å². The van der Waals surface area contributed by atoms with E-state index < -0.39 is 0 Å². The highest BCUT2D eigenvalue weighted by atomic mass is 19.1. The van der Waals surface area contributed by atoms with Crippen LogP contribution < -0.4 is 0 Å². The van der Waals surface area contributed by atoms with Gasteiger partial charge in [0.25, 0.3) is 0 Å². The van der Waals surface area contributed by atoms with Crippen molar-refractivity contribution >= 4 is 22.8 Å². The second-order valence-electron chi connectivity index (χ2n) is 6.51. The molecule has 3 rings (SSSR count). The minimum Gasteiger partial charge on any atom is -0.466 e. The number of piperidine rings is 1. The number of nitrogens with one attached hydrogen (secondary N) is 1. The van der Waals surface area contributed by atoms with Gasteiger partial charge >= 0.3 is 5.97 Å². The Morgan fingerprint density at radius 2 is 2.08 bits per heavy atom. The lowest BCUT2D eigenvalue weighted by atomic mass is 9.93. The molecule has 2 heterocycles. The van der Waals surface area contributed by atoms with E-state index in [0.29, 0.717) is 44.0 Å². The van der Waals surface area contributed by atoms with Gasteiger partial charge in [-0.3, -0.25) is 9.59 Å². The average Bonchev–Trinajstić information content (AvgIpc) is 2.97. The monoisotopic (exact) mass is 346 g/mol. The number of fused-ring (bicyclic) bond motifs is 1. The number of carbonyl (C=O) groups excluding carboxylic acids is 2. The number of ether oxygens (including phenoxy) is 1. The molecule has 1 N–H and O–H groups in total. The predicted molar refractivity (Wildman–Crippen MR) is 92.5 cm³/mol. The predicted octanol–water partition coefficient (Wildman–Crippen LogP) is 3.04. The number of H-pyrrole nitrogens is 1. The van der Waals surface area contributed by atoms with Crippen molar-refractivity contribution in [3.8, 4) is 0 Å². The maximum absolute atomic E-state index is 13.2. The van der Waals surface area contributed by atoms with Gasteiger partial charge < -0.3 is 14.6 Å². The molecule has 0 saturated carbocycles. The number of nitrogens with zero attached hydrogens (tertiary/aromatic N) is 1. The van der Waals surface area contributed by atoms with Crippen molar-refractivity contribution in [2.24, 2.45) is 5.92 Å². The fourth-order valence-electron chi connectivity index (χ4n) is 3.42. The van der Waals surface area contributed by atoms with E-state index in [9.17, 15) is 14.0 Å². The molecule has 0 unspecified atom stereocenters. The first kappa shape index (κ1) is 17.5. The SMILES string of the molecule is CCOC(=O)CC1CCN(C(=O)Cc2c[nH]c3cc(F)ccc23)CC1. The van der Waals surface area contributed by atoms with E-state index in [4.69, 9.17) is 4.74 Å². The van der Waals surface area contributed by atoms with Crippen LogP contribution in [-0.4, -0.2) is 41.5 Å². The number of likely N-dealkylation sites (tertiary alicyclic amines) is 1. The summed E-state index contributed by atoms with van der Waals surface area (Å²) in [6.07, 6.45) is 4.15. The minimum absolute atomic E-state index is 0.0693. The highest BCUT2D eigenvalue weighted by Crippen LogP contribution is 2.23. The maximum Gasteiger partial charge on any atom is 0.306 e. The first-order valence-corrected chi connectivity index (χ1v) is 8.75. The van der Waals surface area contributed by atoms with Crippen molar-refractivity contribution in [2.75, 3.05) is 19.7 Å². The summed E-state index contributed by atoms with van der Waals surface area (Å²) in [5.41, 5.74) is 1.59. The van der Waals surface area contributed by atoms with Crippen LogP contribution in [0, 0.1) is 11.7 Å². The summed E-state index contributed by atoms with van der Waals surface area (Å²) >= 11 is 0. The number of hydrogen-bond acceptors (Lipinski definition) is 3. The Kier molecular flexibility index (Phi) is 5.36. The standard InChI is InChI=1S/C19H23FN2O3/c1-2-25-19(24)9-13-5-7-22(8-6-13)18(23)10-14-12-21-17-11-15(20)3-4-16(14)17/h3-4,11-13,21H,2,5-10H2,1H3. The smallest absolute Gasteiger partial charge is 0.306 e. The molecule has 1 aliphatic rings. The Labute approximate surface area is 146 Å². The lowest BCUT2D eigenvalue weighted by Crippen LogP contribution is -2.39. The number of carbonyl (C=O) groups is 2. The van der Waals surface area contributed by atoms with Crippen molar-refractivity contribution < 1.29 is 18.7 Å². The third-order valence-electron chi connectivity index (χ3n) is 4.80. The zero-order chi connectivity index (χ0) is 17.8. The van der Waals surface area contributed by atoms with Gasteiger partial charge in [0.1, 0.15) is 5.82 Å². The van der Waals surface area contributed by atoms with E-state index in [1.165, 1.54) is 12.1 Å². The van der Waals surface area contributed by atoms with E-state index >= 15 is 0 Å². The van der Waals surface area contributed by atoms with Crippen LogP contribution in [0.4, 0.5) is 4.39 Å². The van der Waals surface area contributed by atoms with Gasteiger partial charge in [0.05, 0.1) is 13.0 Å². The summed E-state index contributed by atoms with van der Waals surface area (Å²) in [5, 5.41) is 0.881. The molecule has 2 aromatic rings. The number of hydrogen-bond donors (Lipinski definition) is 1. The third kappa shape index (κ3) is 4.18. The van der Waals surface area contributed by atoms with E-state index in [0.717, 1.165) is 23.8 Å². The molecule has 0 aliphatic carbocycles. The number of amides is 1. The van der Waals surface area contributed by atoms with Gasteiger partial charge in [-0.1, -0.05) is 0 Å². The molecule has 1 fully saturated rings. The molecule has 1 aromatic carbocycles. The highest BCUT2D eigenvalue weighted by molar-refractivity contribution is 5.89. The van der Waals surface area contributed by atoms with Gasteiger partial charge in [-0.15, -0.1) is 0 Å². The number of aromatic nitrogens is 1. The molecule has 1 amide bonds. The maximum atomic E-state index is 13.2. The number of benzene rings is 1. The normalized spacial score (nSPS) is 15.5. The van der Waals surface area contributed by atoms with Gasteiger partial charge in [-0.05, 0) is 49.4 Å². The van der Waals surface area contributed by atoms with Crippen LogP contribution in [0.3, 0.4) is 0 Å². The zero-order valence-corrected chi connectivity index (χ0v) is 14.4. The molecule has 1 aromatic heterocycles. The quantitative estimate of drug-likeness (QED) is 0.847. The molecule has 1 aliphatic heterocycles. The van der Waals surface area contributed by atoms with Crippen LogP contribution in [0.15, 0.2) is 24.4 Å². The summed E-state index contributed by atoms with van der Waals surface area (Å²) in [5.74, 6) is -0.0897. The molecule has 134 valence electrons. The van der Waals surface area contributed by atoms with Crippen molar-refractivity contribution in [1.29, 1.82) is 0 Å². The van der Waals surface area contributed by atoms with E-state index in [2.05, 4.69) is 4.98 Å². The fraction of sp³-hybridized carbons (Fsp3) is 0.474. The van der Waals surface area contributed by atoms with E-state index in [-0.39, 0.29) is 17.7 Å². The van der Waals surface area contributed by atoms with Crippen molar-refractivity contribution in [2.45, 2.75) is 32.6 Å². The molecule has 5 nitrogen and oxygen atoms in total. The second-order valence-corrected chi connectivity index (χ2v) is 6.51. The second kappa shape index (κ2) is 7.68. The Hall–Kier alpha value is -2.37. The average molecular weight is 346 g/mol. The van der Waals surface area contributed by atoms with Gasteiger partial charge in [0, 0.05) is 36.6 Å². The van der Waals surface area contributed by atoms with Gasteiger partial charge in [-0.25, -0.2) is 4.39 Å². The minimum atomic E-state index is -0.295. The summed E-state index contributed by atoms with van der Waals surface area (Å²) in [6.45, 7) is 3.54. The third-order valence-corrected chi connectivity index (χ3v) is 4.80. The molecule has 0 radical (unpaired) electrons. The summed E-state index contributed by atoms with van der Waals surface area (Å²) in [4.78, 5) is 29.0. The Bertz CT molecular complexity index is 763. The van der Waals surface area contributed by atoms with E-state index in [1.54, 1.807) is 19.2 Å². The van der Waals surface area contributed by atoms with Gasteiger partial charge in [0.2, 0.25) is 5.91 Å². The van der Waals surface area contributed by atoms with Crippen LogP contribution in [-0.2, 0) is 20.7 Å². The summed E-state index contributed by atoms with van der Waals surface area (Å²) in [7, 11) is 0. The van der Waals surface area contributed by atoms with Crippen LogP contribution in [0.5, 0.6) is 0 Å². The van der Waals surface area contributed by atoms with Crippen LogP contribution >= 0.6 is 0 Å². The topological polar surface area (TPSA) is 62.4 Å². The van der Waals surface area contributed by atoms with Gasteiger partial charge in [-0.2, -0.15) is 0 Å². The lowest BCUT2D eigenvalue weighted by molar-refractivity contribution is -0.144. The van der Waals surface area contributed by atoms with Gasteiger partial charge in [0.15, 0.2) is 0 Å². The first-order valence-electron chi connectivity index (χ1n) is 8.75. The summed E-state index contributed by atoms with van der Waals surface area (Å²) < 4.78 is 18.2. The number of esters is 1. The molecule has 0 atom stereocenters. The molecule has 0 bridgehead atoms. The summed E-state index contributed by atoms with van der Waals surface area (Å²) in [6, 6.07) is 4.55. The Morgan fingerprint density at radius 3 is 2.80 bits per heavy atom. The van der Waals surface area contributed by atoms with E-state index in [1.807, 2.05) is 4.90 Å². The van der Waals surface area contributed by atoms with Crippen LogP contribution in [0.2, 0.25) is 0 Å². The molecule has 1 saturated heterocycles. The Morgan fingerprint density at radius 1 is 1.32 bits per heavy atom. The van der Waals surface area contributed by atoms with Crippen LogP contribution in [0.25, 0.3) is 10.9 Å². The molecule has 0 spiro atoms. The molecular weight excluding hydrogens is 323 g/mol. The number of rotatable bonds is 5. The molecule has 6 heteroatoms. The number of aromatic amines is 1. The van der Waals surface area contributed by atoms with Crippen molar-refractivity contribution in [1.82, 2.24) is 9.88 Å². The highest BCUT2D eigenvalue weighted by Gasteiger charge is 2.25. The largest absolute Gasteiger partial charge is 0.466 e. The number of halogens is 1.